The van der Waals surface area contributed by atoms with Gasteiger partial charge in [-0.15, -0.1) is 0 Å². The lowest BCUT2D eigenvalue weighted by atomic mass is 10.1. The number of ketones is 1. The fourth-order valence-corrected chi connectivity index (χ4v) is 2.69. The van der Waals surface area contributed by atoms with Crippen LogP contribution >= 0.6 is 11.6 Å². The van der Waals surface area contributed by atoms with Gasteiger partial charge >= 0.3 is 0 Å². The second kappa shape index (κ2) is 3.30. The SMILES string of the molecule is O=C1CCc2cc(Cl)c(S(=O)(=O)O)cc21. The molecule has 6 heteroatoms. The lowest BCUT2D eigenvalue weighted by Crippen LogP contribution is -2.02. The molecule has 1 aliphatic carbocycles. The summed E-state index contributed by atoms with van der Waals surface area (Å²) in [4.78, 5) is 10.9. The Morgan fingerprint density at radius 3 is 2.53 bits per heavy atom. The Bertz CT molecular complexity index is 547. The van der Waals surface area contributed by atoms with Crippen molar-refractivity contribution in [2.45, 2.75) is 17.7 Å². The van der Waals surface area contributed by atoms with Gasteiger partial charge in [0.25, 0.3) is 10.1 Å². The van der Waals surface area contributed by atoms with Crippen molar-refractivity contribution in [3.05, 3.63) is 28.3 Å². The first-order chi connectivity index (χ1) is 6.89. The Morgan fingerprint density at radius 2 is 1.93 bits per heavy atom. The molecule has 0 heterocycles. The Labute approximate surface area is 91.6 Å². The highest BCUT2D eigenvalue weighted by molar-refractivity contribution is 7.86. The van der Waals surface area contributed by atoms with E-state index >= 15 is 0 Å². The van der Waals surface area contributed by atoms with Gasteiger partial charge in [0.05, 0.1) is 5.02 Å². The minimum atomic E-state index is -4.36. The standard InChI is InChI=1S/C9H7ClO4S/c10-7-3-5-1-2-8(11)6(5)4-9(7)15(12,13)14/h3-4H,1-2H2,(H,12,13,14). The third-order valence-corrected chi connectivity index (χ3v) is 3.68. The summed E-state index contributed by atoms with van der Waals surface area (Å²) in [5.41, 5.74) is 1.07. The van der Waals surface area contributed by atoms with Crippen LogP contribution in [0.15, 0.2) is 17.0 Å². The van der Waals surface area contributed by atoms with E-state index in [4.69, 9.17) is 16.2 Å². The number of carbonyl (C=O) groups excluding carboxylic acids is 1. The molecule has 4 nitrogen and oxygen atoms in total. The molecule has 0 radical (unpaired) electrons. The molecule has 0 bridgehead atoms. The highest BCUT2D eigenvalue weighted by atomic mass is 35.5. The van der Waals surface area contributed by atoms with E-state index in [0.717, 1.165) is 11.6 Å². The van der Waals surface area contributed by atoms with Crippen LogP contribution < -0.4 is 0 Å². The molecular formula is C9H7ClO4S. The Kier molecular flexibility index (Phi) is 2.33. The van der Waals surface area contributed by atoms with Crippen molar-refractivity contribution < 1.29 is 17.8 Å². The topological polar surface area (TPSA) is 71.4 Å². The Balaban J connectivity index is 2.71. The van der Waals surface area contributed by atoms with E-state index in [1.165, 1.54) is 6.07 Å². The zero-order valence-corrected chi connectivity index (χ0v) is 9.10. The largest absolute Gasteiger partial charge is 0.296 e. The first kappa shape index (κ1) is 10.6. The van der Waals surface area contributed by atoms with Gasteiger partial charge in [0, 0.05) is 12.0 Å². The summed E-state index contributed by atoms with van der Waals surface area (Å²) in [7, 11) is -4.36. The molecule has 0 atom stereocenters. The first-order valence-electron chi connectivity index (χ1n) is 4.22. The maximum absolute atomic E-state index is 11.3. The third-order valence-electron chi connectivity index (χ3n) is 2.36. The average Bonchev–Trinajstić information content (AvgIpc) is 2.44. The van der Waals surface area contributed by atoms with E-state index in [1.54, 1.807) is 0 Å². The van der Waals surface area contributed by atoms with E-state index in [-0.39, 0.29) is 10.8 Å². The van der Waals surface area contributed by atoms with E-state index in [0.29, 0.717) is 18.4 Å². The van der Waals surface area contributed by atoms with Crippen molar-refractivity contribution in [2.24, 2.45) is 0 Å². The highest BCUT2D eigenvalue weighted by Gasteiger charge is 2.24. The minimum Gasteiger partial charge on any atom is -0.294 e. The van der Waals surface area contributed by atoms with E-state index in [1.807, 2.05) is 0 Å². The average molecular weight is 247 g/mol. The van der Waals surface area contributed by atoms with Crippen molar-refractivity contribution in [3.8, 4) is 0 Å². The molecule has 0 aliphatic heterocycles. The summed E-state index contributed by atoms with van der Waals surface area (Å²) >= 11 is 5.69. The van der Waals surface area contributed by atoms with Crippen LogP contribution in [0.2, 0.25) is 5.02 Å². The number of carbonyl (C=O) groups is 1. The van der Waals surface area contributed by atoms with Crippen molar-refractivity contribution in [1.29, 1.82) is 0 Å². The second-order valence-electron chi connectivity index (χ2n) is 3.34. The van der Waals surface area contributed by atoms with Crippen LogP contribution in [-0.2, 0) is 16.5 Å². The van der Waals surface area contributed by atoms with Crippen molar-refractivity contribution >= 4 is 27.5 Å². The second-order valence-corrected chi connectivity index (χ2v) is 5.14. The molecule has 0 saturated carbocycles. The summed E-state index contributed by atoms with van der Waals surface area (Å²) in [5.74, 6) is -0.119. The molecule has 0 fully saturated rings. The van der Waals surface area contributed by atoms with E-state index < -0.39 is 15.0 Å². The number of Topliss-reactive ketones (excluding diaryl/α,β-unsaturated/α-hetero) is 1. The third kappa shape index (κ3) is 1.78. The van der Waals surface area contributed by atoms with Gasteiger partial charge < -0.3 is 0 Å². The predicted octanol–water partition coefficient (Wildman–Crippen LogP) is 1.72. The van der Waals surface area contributed by atoms with Crippen LogP contribution in [0.5, 0.6) is 0 Å². The molecule has 1 aromatic carbocycles. The summed E-state index contributed by atoms with van der Waals surface area (Å²) < 4.78 is 30.7. The molecule has 0 aromatic heterocycles. The lowest BCUT2D eigenvalue weighted by Gasteiger charge is -2.03. The minimum absolute atomic E-state index is 0.0500. The van der Waals surface area contributed by atoms with Gasteiger partial charge in [0.15, 0.2) is 5.78 Å². The van der Waals surface area contributed by atoms with Gasteiger partial charge in [0.1, 0.15) is 4.90 Å². The highest BCUT2D eigenvalue weighted by Crippen LogP contribution is 2.30. The maximum atomic E-state index is 11.3. The normalized spacial score (nSPS) is 15.5. The van der Waals surface area contributed by atoms with Gasteiger partial charge in [0.2, 0.25) is 0 Å². The lowest BCUT2D eigenvalue weighted by molar-refractivity contribution is 0.0994. The van der Waals surface area contributed by atoms with Gasteiger partial charge in [-0.1, -0.05) is 11.6 Å². The smallest absolute Gasteiger partial charge is 0.294 e. The molecule has 2 rings (SSSR count). The molecule has 0 unspecified atom stereocenters. The molecule has 15 heavy (non-hydrogen) atoms. The quantitative estimate of drug-likeness (QED) is 0.766. The number of hydrogen-bond acceptors (Lipinski definition) is 3. The van der Waals surface area contributed by atoms with Crippen molar-refractivity contribution in [3.63, 3.8) is 0 Å². The molecule has 80 valence electrons. The predicted molar refractivity (Wildman–Crippen MR) is 53.9 cm³/mol. The molecule has 0 spiro atoms. The van der Waals surface area contributed by atoms with Crippen LogP contribution in [0.3, 0.4) is 0 Å². The van der Waals surface area contributed by atoms with E-state index in [2.05, 4.69) is 0 Å². The Hall–Kier alpha value is -0.910. The fourth-order valence-electron chi connectivity index (χ4n) is 1.64. The molecular weight excluding hydrogens is 240 g/mol. The maximum Gasteiger partial charge on any atom is 0.296 e. The van der Waals surface area contributed by atoms with Gasteiger partial charge in [-0.3, -0.25) is 9.35 Å². The number of aryl methyl sites for hydroxylation is 1. The van der Waals surface area contributed by atoms with Crippen LogP contribution in [0.4, 0.5) is 0 Å². The van der Waals surface area contributed by atoms with Crippen molar-refractivity contribution in [1.82, 2.24) is 0 Å². The number of hydrogen-bond donors (Lipinski definition) is 1. The fraction of sp³-hybridized carbons (Fsp3) is 0.222. The van der Waals surface area contributed by atoms with E-state index in [9.17, 15) is 13.2 Å². The summed E-state index contributed by atoms with van der Waals surface area (Å²) in [6, 6.07) is 2.56. The van der Waals surface area contributed by atoms with Crippen LogP contribution in [0, 0.1) is 0 Å². The number of fused-ring (bicyclic) bond motifs is 1. The summed E-state index contributed by atoms with van der Waals surface area (Å²) in [6.07, 6.45) is 0.931. The first-order valence-corrected chi connectivity index (χ1v) is 6.04. The molecule has 1 N–H and O–H groups in total. The van der Waals surface area contributed by atoms with Crippen molar-refractivity contribution in [2.75, 3.05) is 0 Å². The summed E-state index contributed by atoms with van der Waals surface area (Å²) in [6.45, 7) is 0. The monoisotopic (exact) mass is 246 g/mol. The number of halogens is 1. The van der Waals surface area contributed by atoms with Gasteiger partial charge in [-0.25, -0.2) is 0 Å². The molecule has 1 aromatic rings. The van der Waals surface area contributed by atoms with Gasteiger partial charge in [-0.05, 0) is 24.1 Å². The number of benzene rings is 1. The number of rotatable bonds is 1. The van der Waals surface area contributed by atoms with Crippen LogP contribution in [-0.4, -0.2) is 18.8 Å². The molecule has 1 aliphatic rings. The van der Waals surface area contributed by atoms with Gasteiger partial charge in [-0.2, -0.15) is 8.42 Å². The Morgan fingerprint density at radius 1 is 1.27 bits per heavy atom. The van der Waals surface area contributed by atoms with Crippen LogP contribution in [0.1, 0.15) is 22.3 Å². The molecule has 0 amide bonds. The zero-order valence-electron chi connectivity index (χ0n) is 7.53. The summed E-state index contributed by atoms with van der Waals surface area (Å²) in [5, 5.41) is -0.0500. The van der Waals surface area contributed by atoms with Crippen LogP contribution in [0.25, 0.3) is 0 Å². The molecule has 0 saturated heterocycles. The zero-order chi connectivity index (χ0) is 11.2.